The zero-order chi connectivity index (χ0) is 15.6. The highest BCUT2D eigenvalue weighted by Crippen LogP contribution is 2.51. The van der Waals surface area contributed by atoms with Crippen LogP contribution in [0.5, 0.6) is 0 Å². The van der Waals surface area contributed by atoms with Gasteiger partial charge in [0.05, 0.1) is 6.10 Å². The van der Waals surface area contributed by atoms with E-state index in [1.807, 2.05) is 0 Å². The van der Waals surface area contributed by atoms with Gasteiger partial charge >= 0.3 is 0 Å². The van der Waals surface area contributed by atoms with Crippen molar-refractivity contribution in [2.24, 2.45) is 11.3 Å². The molecule has 0 amide bonds. The normalized spacial score (nSPS) is 26.4. The molecule has 0 N–H and O–H groups in total. The van der Waals surface area contributed by atoms with E-state index in [1.54, 1.807) is 7.11 Å². The van der Waals surface area contributed by atoms with Gasteiger partial charge in [0, 0.05) is 13.7 Å². The van der Waals surface area contributed by atoms with Crippen LogP contribution in [0.25, 0.3) is 0 Å². The minimum absolute atomic E-state index is 0.274. The van der Waals surface area contributed by atoms with Gasteiger partial charge in [-0.25, -0.2) is 0 Å². The summed E-state index contributed by atoms with van der Waals surface area (Å²) in [6.07, 6.45) is 2.70. The summed E-state index contributed by atoms with van der Waals surface area (Å²) >= 11 is 0. The van der Waals surface area contributed by atoms with Gasteiger partial charge in [-0.2, -0.15) is 0 Å². The van der Waals surface area contributed by atoms with Crippen molar-refractivity contribution in [2.75, 3.05) is 20.5 Å². The summed E-state index contributed by atoms with van der Waals surface area (Å²) in [5.41, 5.74) is 0.307. The maximum absolute atomic E-state index is 6.68. The standard InChI is InChI=1S/C16H34O3Si/c1-15(2,3)20(7,8)19-14-13(11-16(14,4)5)9-10-18-12-17-6/h13-14H,9-12H2,1-8H3/t13-,14-/m0/s1. The molecule has 0 aromatic rings. The SMILES string of the molecule is COCOCC[C@H]1CC(C)(C)[C@H]1O[Si](C)(C)C(C)(C)C. The molecule has 0 bridgehead atoms. The average Bonchev–Trinajstić information content (AvgIpc) is 2.29. The van der Waals surface area contributed by atoms with E-state index in [9.17, 15) is 0 Å². The zero-order valence-corrected chi connectivity index (χ0v) is 15.7. The number of ether oxygens (including phenoxy) is 2. The Morgan fingerprint density at radius 2 is 1.80 bits per heavy atom. The molecule has 1 saturated carbocycles. The van der Waals surface area contributed by atoms with Crippen LogP contribution in [-0.2, 0) is 13.9 Å². The van der Waals surface area contributed by atoms with Gasteiger partial charge in [-0.3, -0.25) is 0 Å². The van der Waals surface area contributed by atoms with Crippen molar-refractivity contribution < 1.29 is 13.9 Å². The van der Waals surface area contributed by atoms with Gasteiger partial charge in [-0.1, -0.05) is 34.6 Å². The van der Waals surface area contributed by atoms with Crippen LogP contribution in [0.1, 0.15) is 47.5 Å². The summed E-state index contributed by atoms with van der Waals surface area (Å²) in [6.45, 7) is 17.4. The zero-order valence-electron chi connectivity index (χ0n) is 14.7. The molecule has 0 radical (unpaired) electrons. The van der Waals surface area contributed by atoms with E-state index >= 15 is 0 Å². The van der Waals surface area contributed by atoms with E-state index in [2.05, 4.69) is 47.7 Å². The minimum atomic E-state index is -1.69. The van der Waals surface area contributed by atoms with Gasteiger partial charge in [0.15, 0.2) is 8.32 Å². The summed E-state index contributed by atoms with van der Waals surface area (Å²) in [5.74, 6) is 0.635. The van der Waals surface area contributed by atoms with Crippen molar-refractivity contribution in [1.82, 2.24) is 0 Å². The highest BCUT2D eigenvalue weighted by molar-refractivity contribution is 6.74. The van der Waals surface area contributed by atoms with Crippen molar-refractivity contribution in [3.63, 3.8) is 0 Å². The molecule has 0 saturated heterocycles. The van der Waals surface area contributed by atoms with E-state index in [-0.39, 0.29) is 5.04 Å². The summed E-state index contributed by atoms with van der Waals surface area (Å²) in [4.78, 5) is 0. The molecule has 1 rings (SSSR count). The van der Waals surface area contributed by atoms with Gasteiger partial charge in [0.25, 0.3) is 0 Å². The van der Waals surface area contributed by atoms with Crippen molar-refractivity contribution in [1.29, 1.82) is 0 Å². The molecule has 1 fully saturated rings. The molecule has 3 nitrogen and oxygen atoms in total. The minimum Gasteiger partial charge on any atom is -0.413 e. The molecule has 1 aliphatic carbocycles. The second-order valence-corrected chi connectivity index (χ2v) is 13.1. The predicted octanol–water partition coefficient (Wildman–Crippen LogP) is 4.43. The molecule has 0 aliphatic heterocycles. The lowest BCUT2D eigenvalue weighted by molar-refractivity contribution is -0.107. The summed E-state index contributed by atoms with van der Waals surface area (Å²) in [6, 6.07) is 0. The monoisotopic (exact) mass is 302 g/mol. The number of rotatable bonds is 7. The Labute approximate surface area is 126 Å². The first-order valence-corrected chi connectivity index (χ1v) is 10.7. The molecular formula is C16H34O3Si. The Hall–Kier alpha value is 0.0969. The topological polar surface area (TPSA) is 27.7 Å². The Balaban J connectivity index is 2.56. The highest BCUT2D eigenvalue weighted by Gasteiger charge is 2.51. The van der Waals surface area contributed by atoms with Gasteiger partial charge in [0.2, 0.25) is 0 Å². The smallest absolute Gasteiger partial charge is 0.192 e. The number of hydrogen-bond acceptors (Lipinski definition) is 3. The van der Waals surface area contributed by atoms with Crippen LogP contribution in [0.15, 0.2) is 0 Å². The van der Waals surface area contributed by atoms with Crippen molar-refractivity contribution in [3.8, 4) is 0 Å². The second kappa shape index (κ2) is 6.47. The Morgan fingerprint density at radius 1 is 1.20 bits per heavy atom. The first kappa shape index (κ1) is 18.1. The lowest BCUT2D eigenvalue weighted by atomic mass is 9.61. The maximum atomic E-state index is 6.68. The number of methoxy groups -OCH3 is 1. The fourth-order valence-corrected chi connectivity index (χ4v) is 4.26. The van der Waals surface area contributed by atoms with Gasteiger partial charge in [-0.05, 0) is 42.3 Å². The molecule has 20 heavy (non-hydrogen) atoms. The van der Waals surface area contributed by atoms with E-state index in [4.69, 9.17) is 13.9 Å². The fraction of sp³-hybridized carbons (Fsp3) is 1.00. The summed E-state index contributed by atoms with van der Waals surface area (Å²) in [7, 11) is -0.0257. The van der Waals surface area contributed by atoms with Crippen LogP contribution < -0.4 is 0 Å². The van der Waals surface area contributed by atoms with Crippen LogP contribution >= 0.6 is 0 Å². The molecule has 120 valence electrons. The third kappa shape index (κ3) is 4.29. The molecule has 1 aliphatic rings. The quantitative estimate of drug-likeness (QED) is 0.395. The first-order valence-electron chi connectivity index (χ1n) is 7.76. The van der Waals surface area contributed by atoms with Crippen LogP contribution in [0, 0.1) is 11.3 Å². The van der Waals surface area contributed by atoms with Crippen molar-refractivity contribution in [2.45, 2.75) is 71.7 Å². The molecule has 2 atom stereocenters. The van der Waals surface area contributed by atoms with E-state index in [0.717, 1.165) is 13.0 Å². The average molecular weight is 303 g/mol. The lowest BCUT2D eigenvalue weighted by Crippen LogP contribution is -2.57. The van der Waals surface area contributed by atoms with E-state index in [0.29, 0.717) is 24.2 Å². The Bertz CT molecular complexity index is 307. The molecule has 4 heteroatoms. The van der Waals surface area contributed by atoms with Crippen LogP contribution in [0.4, 0.5) is 0 Å². The molecule has 0 aromatic carbocycles. The largest absolute Gasteiger partial charge is 0.413 e. The second-order valence-electron chi connectivity index (χ2n) is 8.35. The molecule has 0 aromatic heterocycles. The Morgan fingerprint density at radius 3 is 2.25 bits per heavy atom. The molecule has 0 spiro atoms. The van der Waals surface area contributed by atoms with Crippen molar-refractivity contribution in [3.05, 3.63) is 0 Å². The van der Waals surface area contributed by atoms with Gasteiger partial charge in [-0.15, -0.1) is 0 Å². The van der Waals surface area contributed by atoms with Crippen molar-refractivity contribution >= 4 is 8.32 Å². The van der Waals surface area contributed by atoms with Crippen LogP contribution in [-0.4, -0.2) is 34.9 Å². The maximum Gasteiger partial charge on any atom is 0.192 e. The molecular weight excluding hydrogens is 268 g/mol. The first-order chi connectivity index (χ1) is 9.01. The summed E-state index contributed by atoms with van der Waals surface area (Å²) in [5, 5.41) is 0.274. The lowest BCUT2D eigenvalue weighted by Gasteiger charge is -2.55. The van der Waals surface area contributed by atoms with Gasteiger partial charge in [0.1, 0.15) is 6.79 Å². The van der Waals surface area contributed by atoms with E-state index < -0.39 is 8.32 Å². The fourth-order valence-electron chi connectivity index (χ4n) is 2.76. The van der Waals surface area contributed by atoms with Crippen LogP contribution in [0.2, 0.25) is 18.1 Å². The van der Waals surface area contributed by atoms with E-state index in [1.165, 1.54) is 6.42 Å². The third-order valence-electron chi connectivity index (χ3n) is 5.05. The highest BCUT2D eigenvalue weighted by atomic mass is 28.4. The Kier molecular flexibility index (Phi) is 5.87. The number of hydrogen-bond donors (Lipinski definition) is 0. The predicted molar refractivity (Wildman–Crippen MR) is 86.4 cm³/mol. The molecule has 0 unspecified atom stereocenters. The van der Waals surface area contributed by atoms with Gasteiger partial charge < -0.3 is 13.9 Å². The molecule has 0 heterocycles. The van der Waals surface area contributed by atoms with Crippen LogP contribution in [0.3, 0.4) is 0 Å². The third-order valence-corrected chi connectivity index (χ3v) is 9.50. The summed E-state index contributed by atoms with van der Waals surface area (Å²) < 4.78 is 17.0.